The van der Waals surface area contributed by atoms with Gasteiger partial charge in [-0.2, -0.15) is 0 Å². The summed E-state index contributed by atoms with van der Waals surface area (Å²) in [4.78, 5) is 99.1. The maximum atomic E-state index is 12.6. The number of amides is 4. The van der Waals surface area contributed by atoms with Gasteiger partial charge >= 0.3 is 29.9 Å². The van der Waals surface area contributed by atoms with E-state index in [4.69, 9.17) is 26.5 Å². The van der Waals surface area contributed by atoms with Gasteiger partial charge in [0.2, 0.25) is 11.8 Å². The van der Waals surface area contributed by atoms with Gasteiger partial charge in [-0.3, -0.25) is 19.2 Å². The lowest BCUT2D eigenvalue weighted by molar-refractivity contribution is -0.142. The summed E-state index contributed by atoms with van der Waals surface area (Å²) < 4.78 is 11.9. The first-order chi connectivity index (χ1) is 33.0. The lowest BCUT2D eigenvalue weighted by Gasteiger charge is -2.34. The molecule has 1 heterocycles. The number of thiocarbonyl (C=S) groups is 1. The molecule has 0 fully saturated rings. The molecule has 0 radical (unpaired) electrons. The fourth-order valence-corrected chi connectivity index (χ4v) is 7.65. The lowest BCUT2D eigenvalue weighted by Crippen LogP contribution is -2.52. The van der Waals surface area contributed by atoms with Crippen molar-refractivity contribution in [3.05, 3.63) is 70.4 Å². The molecule has 1 aliphatic carbocycles. The van der Waals surface area contributed by atoms with E-state index < -0.39 is 66.3 Å². The third-order valence-electron chi connectivity index (χ3n) is 11.2. The number of urea groups is 1. The number of aromatic hydroxyl groups is 1. The van der Waals surface area contributed by atoms with Gasteiger partial charge in [-0.15, -0.1) is 0 Å². The minimum Gasteiger partial charge on any atom is -0.508 e. The van der Waals surface area contributed by atoms with Crippen molar-refractivity contribution in [3.8, 4) is 28.2 Å². The molecular formula is C47H59N7O15S. The van der Waals surface area contributed by atoms with Crippen LogP contribution in [0.15, 0.2) is 63.8 Å². The SMILES string of the molecule is CC(CCNC(=S)Nc1ccc(-c2c3ccc(=O)cc-3oc3cc(O)ccc23)c(C(=O)O)c1)N(C)CC(C)(C)OCCC(=O)NCCNC(=O)CCC(C(=O)O)N(C)C(=O)N[C@@H](CCC(=O)O)C(=O)O. The number of nitrogens with one attached hydrogen (secondary N) is 5. The maximum absolute atomic E-state index is 12.6. The molecule has 4 amide bonds. The largest absolute Gasteiger partial charge is 0.508 e. The Morgan fingerprint density at radius 3 is 2.10 bits per heavy atom. The van der Waals surface area contributed by atoms with Gasteiger partial charge in [0, 0.05) is 92.9 Å². The van der Waals surface area contributed by atoms with E-state index in [0.717, 1.165) is 11.9 Å². The zero-order valence-corrected chi connectivity index (χ0v) is 40.1. The monoisotopic (exact) mass is 993 g/mol. The highest BCUT2D eigenvalue weighted by Crippen LogP contribution is 2.42. The van der Waals surface area contributed by atoms with Crippen LogP contribution in [0.3, 0.4) is 0 Å². The van der Waals surface area contributed by atoms with Crippen LogP contribution in [0.25, 0.3) is 33.4 Å². The van der Waals surface area contributed by atoms with Gasteiger partial charge in [-0.1, -0.05) is 6.07 Å². The van der Waals surface area contributed by atoms with Crippen molar-refractivity contribution in [1.29, 1.82) is 0 Å². The number of rotatable bonds is 26. The van der Waals surface area contributed by atoms with Crippen LogP contribution < -0.4 is 32.0 Å². The summed E-state index contributed by atoms with van der Waals surface area (Å²) >= 11 is 5.53. The molecule has 2 aliphatic rings. The molecule has 2 unspecified atom stereocenters. The van der Waals surface area contributed by atoms with Gasteiger partial charge in [-0.05, 0) is 101 Å². The number of benzene rings is 3. The van der Waals surface area contributed by atoms with Crippen molar-refractivity contribution in [1.82, 2.24) is 31.1 Å². The van der Waals surface area contributed by atoms with Crippen LogP contribution in [0.4, 0.5) is 10.5 Å². The molecule has 3 atom stereocenters. The van der Waals surface area contributed by atoms with E-state index in [2.05, 4.69) is 31.5 Å². The molecule has 10 N–H and O–H groups in total. The molecule has 1 aliphatic heterocycles. The predicted molar refractivity (Wildman–Crippen MR) is 260 cm³/mol. The Balaban J connectivity index is 1.16. The van der Waals surface area contributed by atoms with Crippen molar-refractivity contribution in [2.75, 3.05) is 52.2 Å². The number of carboxylic acid groups (broad SMARTS) is 4. The van der Waals surface area contributed by atoms with E-state index in [9.17, 15) is 58.8 Å². The Labute approximate surface area is 407 Å². The molecule has 70 heavy (non-hydrogen) atoms. The Morgan fingerprint density at radius 2 is 1.46 bits per heavy atom. The van der Waals surface area contributed by atoms with E-state index >= 15 is 0 Å². The van der Waals surface area contributed by atoms with Gasteiger partial charge in [0.25, 0.3) is 0 Å². The van der Waals surface area contributed by atoms with Crippen molar-refractivity contribution in [2.45, 2.75) is 83.0 Å². The highest BCUT2D eigenvalue weighted by Gasteiger charge is 2.31. The molecule has 4 rings (SSSR count). The van der Waals surface area contributed by atoms with E-state index in [1.165, 1.54) is 30.3 Å². The van der Waals surface area contributed by atoms with Crippen LogP contribution in [0.1, 0.15) is 69.7 Å². The first kappa shape index (κ1) is 55.2. The zero-order chi connectivity index (χ0) is 51.9. The number of fused-ring (bicyclic) bond motifs is 2. The van der Waals surface area contributed by atoms with Crippen LogP contribution >= 0.6 is 12.2 Å². The molecule has 23 heteroatoms. The molecule has 0 saturated heterocycles. The van der Waals surface area contributed by atoms with Gasteiger partial charge in [0.15, 0.2) is 10.5 Å². The van der Waals surface area contributed by atoms with E-state index in [0.29, 0.717) is 47.3 Å². The summed E-state index contributed by atoms with van der Waals surface area (Å²) in [7, 11) is 3.05. The normalized spacial score (nSPS) is 12.7. The predicted octanol–water partition coefficient (Wildman–Crippen LogP) is 3.58. The summed E-state index contributed by atoms with van der Waals surface area (Å²) in [5.41, 5.74) is 1.17. The summed E-state index contributed by atoms with van der Waals surface area (Å²) in [6.45, 7) is 7.07. The molecule has 0 bridgehead atoms. The number of carbonyl (C=O) groups is 7. The highest BCUT2D eigenvalue weighted by atomic mass is 32.1. The summed E-state index contributed by atoms with van der Waals surface area (Å²) in [6, 6.07) is 9.51. The number of likely N-dealkylation sites (N-methyl/N-ethyl adjacent to an activating group) is 2. The van der Waals surface area contributed by atoms with Crippen LogP contribution in [0.5, 0.6) is 5.75 Å². The molecule has 22 nitrogen and oxygen atoms in total. The van der Waals surface area contributed by atoms with E-state index in [1.54, 1.807) is 24.3 Å². The lowest BCUT2D eigenvalue weighted by atomic mass is 9.90. The minimum atomic E-state index is -1.56. The van der Waals surface area contributed by atoms with Crippen LogP contribution in [0.2, 0.25) is 0 Å². The first-order valence-electron chi connectivity index (χ1n) is 22.2. The van der Waals surface area contributed by atoms with E-state index in [1.807, 2.05) is 27.8 Å². The van der Waals surface area contributed by atoms with Crippen molar-refractivity contribution in [2.24, 2.45) is 0 Å². The molecule has 0 aromatic heterocycles. The number of phenolic OH excluding ortho intramolecular Hbond substituents is 1. The third kappa shape index (κ3) is 16.4. The second-order valence-corrected chi connectivity index (χ2v) is 17.6. The first-order valence-corrected chi connectivity index (χ1v) is 22.6. The molecule has 0 saturated carbocycles. The number of carboxylic acids is 4. The number of carbonyl (C=O) groups excluding carboxylic acids is 3. The summed E-state index contributed by atoms with van der Waals surface area (Å²) in [5.74, 6) is -6.09. The van der Waals surface area contributed by atoms with Crippen LogP contribution in [-0.4, -0.2) is 153 Å². The molecule has 378 valence electrons. The van der Waals surface area contributed by atoms with Crippen LogP contribution in [-0.2, 0) is 28.7 Å². The summed E-state index contributed by atoms with van der Waals surface area (Å²) in [6.07, 6.45) is -0.856. The minimum absolute atomic E-state index is 0.0287. The number of phenols is 1. The Morgan fingerprint density at radius 1 is 0.786 bits per heavy atom. The van der Waals surface area contributed by atoms with Crippen LogP contribution in [0, 0.1) is 0 Å². The highest BCUT2D eigenvalue weighted by molar-refractivity contribution is 7.80. The smallest absolute Gasteiger partial charge is 0.336 e. The van der Waals surface area contributed by atoms with Crippen molar-refractivity contribution < 1.29 is 68.2 Å². The number of aliphatic carboxylic acids is 3. The van der Waals surface area contributed by atoms with Gasteiger partial charge < -0.3 is 71.1 Å². The standard InChI is InChI=1S/C47H59N7O15S/c1-26(16-18-50-45(70)51-27-6-9-30(33(22-27)42(61)62)41-31-10-7-28(55)23-36(31)69-37-24-29(56)8-11-32(37)41)53(4)25-47(2,3)68-21-17-39(58)49-20-19-48-38(57)14-13-35(44(65)66)54(5)46(67)52-34(43(63)64)12-15-40(59)60/h6-11,22-24,26,34-35,55H,12-21,25H2,1-5H3,(H,48,57)(H,49,58)(H,52,67)(H,59,60)(H,61,62)(H,63,64)(H,65,66)(H2,50,51,70)/t26?,34-,35?/m0/s1. The average molecular weight is 994 g/mol. The Kier molecular flexibility index (Phi) is 20.0. The topological polar surface area (TPSA) is 327 Å². The van der Waals surface area contributed by atoms with E-state index in [-0.39, 0.29) is 84.1 Å². The number of hydrogen-bond acceptors (Lipinski definition) is 13. The van der Waals surface area contributed by atoms with Crippen molar-refractivity contribution >= 4 is 75.7 Å². The third-order valence-corrected chi connectivity index (χ3v) is 11.5. The Bertz CT molecular complexity index is 2600. The zero-order valence-electron chi connectivity index (χ0n) is 39.3. The number of hydrogen-bond donors (Lipinski definition) is 10. The Hall–Kier alpha value is -7.37. The number of aromatic carboxylic acids is 1. The van der Waals surface area contributed by atoms with Gasteiger partial charge in [0.05, 0.1) is 17.8 Å². The number of anilines is 1. The van der Waals surface area contributed by atoms with Gasteiger partial charge in [0.1, 0.15) is 29.2 Å². The maximum Gasteiger partial charge on any atom is 0.336 e. The number of ether oxygens (including phenoxy) is 1. The second-order valence-electron chi connectivity index (χ2n) is 17.1. The van der Waals surface area contributed by atoms with Crippen molar-refractivity contribution in [3.63, 3.8) is 0 Å². The second kappa shape index (κ2) is 25.3. The summed E-state index contributed by atoms with van der Waals surface area (Å²) in [5, 5.41) is 62.5. The molecule has 2 aromatic carbocycles. The molecule has 0 spiro atoms. The number of nitrogens with zero attached hydrogens (tertiary/aromatic N) is 2. The molecular weight excluding hydrogens is 935 g/mol. The molecule has 2 aromatic rings. The fourth-order valence-electron chi connectivity index (χ4n) is 7.43. The quantitative estimate of drug-likeness (QED) is 0.0244. The average Bonchev–Trinajstić information content (AvgIpc) is 3.27. The fraction of sp³-hybridized carbons (Fsp3) is 0.426. The van der Waals surface area contributed by atoms with Gasteiger partial charge in [-0.25, -0.2) is 19.2 Å².